The molecule has 6 heavy (non-hydrogen) atoms. The van der Waals surface area contributed by atoms with Crippen molar-refractivity contribution in [1.29, 1.82) is 0 Å². The Hall–Kier alpha value is 1.40. The predicted octanol–water partition coefficient (Wildman–Crippen LogP) is -0.859. The van der Waals surface area contributed by atoms with Gasteiger partial charge in [-0.05, 0) is 0 Å². The first kappa shape index (κ1) is 155. The van der Waals surface area contributed by atoms with Gasteiger partial charge >= 0.3 is 46.8 Å². The minimum absolute atomic E-state index is 0. The molecule has 0 heterocycles. The Labute approximate surface area is 68.5 Å². The van der Waals surface area contributed by atoms with E-state index in [1.165, 1.54) is 0 Å². The van der Waals surface area contributed by atoms with Crippen molar-refractivity contribution in [2.24, 2.45) is 0 Å². The van der Waals surface area contributed by atoms with E-state index in [1.54, 1.807) is 0 Å². The van der Waals surface area contributed by atoms with E-state index in [9.17, 15) is 0 Å². The van der Waals surface area contributed by atoms with Crippen LogP contribution in [0.3, 0.4) is 0 Å². The Bertz CT molecular complexity index is 7.51. The van der Waals surface area contributed by atoms with Crippen LogP contribution in [0, 0.1) is 0 Å². The van der Waals surface area contributed by atoms with Gasteiger partial charge in [0.2, 0.25) is 0 Å². The third-order valence-electron chi connectivity index (χ3n) is 0. The van der Waals surface area contributed by atoms with Gasteiger partial charge in [-0.15, -0.1) is 0 Å². The van der Waals surface area contributed by atoms with Crippen molar-refractivity contribution in [3.63, 3.8) is 0 Å². The molecule has 4 nitrogen and oxygen atoms in total. The zero-order valence-electron chi connectivity index (χ0n) is 2.53. The Balaban J connectivity index is 0. The normalized spacial score (nSPS) is 0. The largest absolute Gasteiger partial charge is 5.00 e. The SMILES string of the molecule is [O-2].[O-2].[O-2].[O-2].[Sb+3].[Ta+5]. The summed E-state index contributed by atoms with van der Waals surface area (Å²) in [5.74, 6) is 0. The molecule has 0 unspecified atom stereocenters. The summed E-state index contributed by atoms with van der Waals surface area (Å²) in [6.45, 7) is 0. The molecule has 0 aromatic rings. The first-order valence-electron chi connectivity index (χ1n) is 0. The summed E-state index contributed by atoms with van der Waals surface area (Å²) >= 11 is 0. The maximum absolute atomic E-state index is 0. The molecule has 0 bridgehead atoms. The zero-order chi connectivity index (χ0) is 0. The van der Waals surface area contributed by atoms with Gasteiger partial charge in [0, 0.05) is 0 Å². The van der Waals surface area contributed by atoms with E-state index < -0.39 is 0 Å². The van der Waals surface area contributed by atoms with Crippen molar-refractivity contribution in [1.82, 2.24) is 0 Å². The molecule has 6 heteroatoms. The molecule has 0 N–H and O–H groups in total. The fourth-order valence-electron chi connectivity index (χ4n) is 0. The Morgan fingerprint density at radius 3 is 0.500 bits per heavy atom. The predicted molar refractivity (Wildman–Crippen MR) is 8.50 cm³/mol. The molecule has 0 aliphatic rings. The van der Waals surface area contributed by atoms with E-state index in [4.69, 9.17) is 0 Å². The van der Waals surface area contributed by atoms with Crippen LogP contribution in [-0.2, 0) is 44.3 Å². The second kappa shape index (κ2) is 95.4. The van der Waals surface area contributed by atoms with Crippen LogP contribution in [0.15, 0.2) is 0 Å². The summed E-state index contributed by atoms with van der Waals surface area (Å²) in [6, 6.07) is 0. The molecule has 0 spiro atoms. The van der Waals surface area contributed by atoms with Gasteiger partial charge in [0.05, 0.1) is 0 Å². The Morgan fingerprint density at radius 1 is 0.500 bits per heavy atom. The van der Waals surface area contributed by atoms with Crippen molar-refractivity contribution in [3.05, 3.63) is 0 Å². The van der Waals surface area contributed by atoms with E-state index in [2.05, 4.69) is 0 Å². The summed E-state index contributed by atoms with van der Waals surface area (Å²) in [5.41, 5.74) is 0. The summed E-state index contributed by atoms with van der Waals surface area (Å²) < 4.78 is 0. The van der Waals surface area contributed by atoms with Crippen LogP contribution in [0.4, 0.5) is 0 Å². The van der Waals surface area contributed by atoms with Crippen LogP contribution >= 0.6 is 0 Å². The first-order chi connectivity index (χ1) is 0. The van der Waals surface area contributed by atoms with Crippen molar-refractivity contribution < 1.29 is 44.3 Å². The van der Waals surface area contributed by atoms with Gasteiger partial charge in [0.25, 0.3) is 0 Å². The standard InChI is InChI=1S/4O.Sb.Ta/q4*-2;+3;+5. The molecule has 2 radical (unpaired) electrons. The monoisotopic (exact) mass is 366 g/mol. The summed E-state index contributed by atoms with van der Waals surface area (Å²) in [7, 11) is 0. The molecule has 34 valence electrons. The Morgan fingerprint density at radius 2 is 0.500 bits per heavy atom. The molecule has 0 fully saturated rings. The average molecular weight is 367 g/mol. The molecule has 0 saturated heterocycles. The van der Waals surface area contributed by atoms with E-state index in [1.807, 2.05) is 0 Å². The molecule has 0 aromatic carbocycles. The van der Waals surface area contributed by atoms with E-state index in [-0.39, 0.29) is 68.7 Å². The number of hydrogen-bond donors (Lipinski definition) is 0. The third-order valence-corrected chi connectivity index (χ3v) is 0. The van der Waals surface area contributed by atoms with Crippen LogP contribution in [0.25, 0.3) is 0 Å². The fraction of sp³-hybridized carbons (Fsp3) is 0. The molecule has 0 atom stereocenters. The van der Waals surface area contributed by atoms with Crippen molar-refractivity contribution in [2.75, 3.05) is 0 Å². The molecule has 0 aliphatic heterocycles. The first-order valence-corrected chi connectivity index (χ1v) is 0. The molecular formula is O4SbTa. The molecule has 0 aromatic heterocycles. The second-order valence-electron chi connectivity index (χ2n) is 0. The number of hydrogen-bond acceptors (Lipinski definition) is 0. The van der Waals surface area contributed by atoms with E-state index in [0.717, 1.165) is 0 Å². The van der Waals surface area contributed by atoms with Gasteiger partial charge in [0.15, 0.2) is 0 Å². The zero-order valence-corrected chi connectivity index (χ0v) is 8.29. The maximum atomic E-state index is 0. The molecule has 0 aliphatic carbocycles. The van der Waals surface area contributed by atoms with Crippen molar-refractivity contribution in [2.45, 2.75) is 0 Å². The van der Waals surface area contributed by atoms with Crippen molar-refractivity contribution >= 4 is 24.4 Å². The topological polar surface area (TPSA) is 114 Å². The average Bonchev–Trinajstić information content (AvgIpc) is 0. The summed E-state index contributed by atoms with van der Waals surface area (Å²) in [5, 5.41) is 0. The van der Waals surface area contributed by atoms with E-state index >= 15 is 0 Å². The Kier molecular flexibility index (Phi) is 2460. The molecule has 0 saturated carbocycles. The summed E-state index contributed by atoms with van der Waals surface area (Å²) in [4.78, 5) is 0. The van der Waals surface area contributed by atoms with E-state index in [0.29, 0.717) is 0 Å². The van der Waals surface area contributed by atoms with Crippen LogP contribution in [0.2, 0.25) is 0 Å². The molecule has 0 rings (SSSR count). The van der Waals surface area contributed by atoms with Gasteiger partial charge < -0.3 is 21.9 Å². The van der Waals surface area contributed by atoms with Gasteiger partial charge in [-0.3, -0.25) is 0 Å². The summed E-state index contributed by atoms with van der Waals surface area (Å²) in [6.07, 6.45) is 0. The molecule has 0 amide bonds. The van der Waals surface area contributed by atoms with Gasteiger partial charge in [0.1, 0.15) is 0 Å². The van der Waals surface area contributed by atoms with Crippen LogP contribution in [0.1, 0.15) is 0 Å². The number of rotatable bonds is 0. The van der Waals surface area contributed by atoms with Crippen LogP contribution in [-0.4, -0.2) is 24.4 Å². The van der Waals surface area contributed by atoms with Gasteiger partial charge in [-0.25, -0.2) is 0 Å². The molecular weight excluding hydrogens is 367 g/mol. The van der Waals surface area contributed by atoms with Crippen LogP contribution < -0.4 is 0 Å². The van der Waals surface area contributed by atoms with Gasteiger partial charge in [-0.1, -0.05) is 0 Å². The smallest absolute Gasteiger partial charge is 2.00 e. The van der Waals surface area contributed by atoms with Gasteiger partial charge in [-0.2, -0.15) is 0 Å². The minimum atomic E-state index is 0. The third kappa shape index (κ3) is 53.4. The van der Waals surface area contributed by atoms with Crippen molar-refractivity contribution in [3.8, 4) is 0 Å². The fourth-order valence-corrected chi connectivity index (χ4v) is 0. The second-order valence-corrected chi connectivity index (χ2v) is 0. The maximum Gasteiger partial charge on any atom is 5.00 e. The quantitative estimate of drug-likeness (QED) is 0.497. The minimum Gasteiger partial charge on any atom is -2.00 e. The van der Waals surface area contributed by atoms with Crippen LogP contribution in [0.5, 0.6) is 0 Å².